The van der Waals surface area contributed by atoms with E-state index in [0.717, 1.165) is 19.3 Å². The van der Waals surface area contributed by atoms with Crippen molar-refractivity contribution >= 4 is 0 Å². The SMILES string of the molecule is OC1CN(C2CCCC2O)CC1O. The van der Waals surface area contributed by atoms with Gasteiger partial charge in [0.1, 0.15) is 0 Å². The van der Waals surface area contributed by atoms with Crippen LogP contribution in [0.1, 0.15) is 19.3 Å². The van der Waals surface area contributed by atoms with Gasteiger partial charge in [-0.3, -0.25) is 4.90 Å². The maximum atomic E-state index is 9.62. The lowest BCUT2D eigenvalue weighted by molar-refractivity contribution is 0.0572. The van der Waals surface area contributed by atoms with E-state index in [1.807, 2.05) is 4.90 Å². The Morgan fingerprint density at radius 3 is 1.92 bits per heavy atom. The molecule has 1 saturated carbocycles. The molecule has 4 nitrogen and oxygen atoms in total. The van der Waals surface area contributed by atoms with Crippen LogP contribution < -0.4 is 0 Å². The van der Waals surface area contributed by atoms with Crippen molar-refractivity contribution in [3.05, 3.63) is 0 Å². The Hall–Kier alpha value is -0.160. The molecule has 4 atom stereocenters. The van der Waals surface area contributed by atoms with Gasteiger partial charge in [-0.15, -0.1) is 0 Å². The first kappa shape index (κ1) is 9.40. The molecule has 1 heterocycles. The number of β-amino-alcohol motifs (C(OH)–C–C–N with tert-alkyl or cyclic N) is 2. The summed E-state index contributed by atoms with van der Waals surface area (Å²) < 4.78 is 0. The number of hydrogen-bond donors (Lipinski definition) is 3. The Balaban J connectivity index is 1.95. The van der Waals surface area contributed by atoms with Gasteiger partial charge in [-0.25, -0.2) is 0 Å². The van der Waals surface area contributed by atoms with Gasteiger partial charge in [-0.2, -0.15) is 0 Å². The Morgan fingerprint density at radius 1 is 0.846 bits per heavy atom. The number of hydrogen-bond acceptors (Lipinski definition) is 4. The first-order valence-electron chi connectivity index (χ1n) is 4.96. The van der Waals surface area contributed by atoms with E-state index in [0.29, 0.717) is 13.1 Å². The molecule has 0 radical (unpaired) electrons. The third-order valence-electron chi connectivity index (χ3n) is 3.20. The van der Waals surface area contributed by atoms with Gasteiger partial charge >= 0.3 is 0 Å². The molecule has 1 aliphatic carbocycles. The maximum absolute atomic E-state index is 9.62. The molecule has 4 unspecified atom stereocenters. The second kappa shape index (κ2) is 3.53. The highest BCUT2D eigenvalue weighted by Gasteiger charge is 2.38. The molecule has 2 rings (SSSR count). The molecule has 0 spiro atoms. The summed E-state index contributed by atoms with van der Waals surface area (Å²) in [4.78, 5) is 2.01. The molecule has 3 N–H and O–H groups in total. The molecule has 4 heteroatoms. The van der Waals surface area contributed by atoms with Gasteiger partial charge in [0, 0.05) is 19.1 Å². The molecule has 2 aliphatic rings. The zero-order valence-electron chi connectivity index (χ0n) is 7.63. The zero-order valence-corrected chi connectivity index (χ0v) is 7.63. The molecule has 0 bridgehead atoms. The van der Waals surface area contributed by atoms with Crippen molar-refractivity contribution in [3.8, 4) is 0 Å². The first-order chi connectivity index (χ1) is 6.18. The maximum Gasteiger partial charge on any atom is 0.0938 e. The van der Waals surface area contributed by atoms with Crippen molar-refractivity contribution in [2.75, 3.05) is 13.1 Å². The molecule has 1 saturated heterocycles. The van der Waals surface area contributed by atoms with Crippen LogP contribution in [0.15, 0.2) is 0 Å². The molecule has 13 heavy (non-hydrogen) atoms. The van der Waals surface area contributed by atoms with E-state index >= 15 is 0 Å². The predicted octanol–water partition coefficient (Wildman–Crippen LogP) is -1.06. The van der Waals surface area contributed by atoms with Crippen LogP contribution >= 0.6 is 0 Å². The average Bonchev–Trinajstić information content (AvgIpc) is 2.60. The lowest BCUT2D eigenvalue weighted by Gasteiger charge is -2.25. The highest BCUT2D eigenvalue weighted by Crippen LogP contribution is 2.27. The first-order valence-corrected chi connectivity index (χ1v) is 4.96. The van der Waals surface area contributed by atoms with Crippen molar-refractivity contribution in [1.29, 1.82) is 0 Å². The highest BCUT2D eigenvalue weighted by molar-refractivity contribution is 4.92. The topological polar surface area (TPSA) is 63.9 Å². The highest BCUT2D eigenvalue weighted by atomic mass is 16.3. The molecule has 1 aliphatic heterocycles. The Labute approximate surface area is 77.8 Å². The van der Waals surface area contributed by atoms with E-state index in [4.69, 9.17) is 0 Å². The van der Waals surface area contributed by atoms with Gasteiger partial charge in [0.25, 0.3) is 0 Å². The van der Waals surface area contributed by atoms with E-state index in [-0.39, 0.29) is 12.1 Å². The normalized spacial score (nSPS) is 47.3. The standard InChI is InChI=1S/C9H17NO3/c11-7-3-1-2-6(7)10-4-8(12)9(13)5-10/h6-9,11-13H,1-5H2. The summed E-state index contributed by atoms with van der Waals surface area (Å²) in [7, 11) is 0. The van der Waals surface area contributed by atoms with E-state index in [2.05, 4.69) is 0 Å². The van der Waals surface area contributed by atoms with Crippen molar-refractivity contribution in [2.24, 2.45) is 0 Å². The van der Waals surface area contributed by atoms with E-state index in [9.17, 15) is 15.3 Å². The molecule has 0 aromatic heterocycles. The predicted molar refractivity (Wildman–Crippen MR) is 47.2 cm³/mol. The summed E-state index contributed by atoms with van der Waals surface area (Å²) in [5.74, 6) is 0. The van der Waals surface area contributed by atoms with Crippen LogP contribution in [-0.4, -0.2) is 57.7 Å². The van der Waals surface area contributed by atoms with Crippen molar-refractivity contribution in [3.63, 3.8) is 0 Å². The third kappa shape index (κ3) is 1.72. The number of likely N-dealkylation sites (tertiary alicyclic amines) is 1. The number of aliphatic hydroxyl groups excluding tert-OH is 3. The van der Waals surface area contributed by atoms with E-state index in [1.54, 1.807) is 0 Å². The number of nitrogens with zero attached hydrogens (tertiary/aromatic N) is 1. The van der Waals surface area contributed by atoms with Crippen molar-refractivity contribution in [2.45, 2.75) is 43.6 Å². The van der Waals surface area contributed by atoms with Gasteiger partial charge < -0.3 is 15.3 Å². The van der Waals surface area contributed by atoms with Crippen molar-refractivity contribution < 1.29 is 15.3 Å². The van der Waals surface area contributed by atoms with Crippen LogP contribution in [0.3, 0.4) is 0 Å². The van der Waals surface area contributed by atoms with Crippen LogP contribution in [-0.2, 0) is 0 Å². The summed E-state index contributed by atoms with van der Waals surface area (Å²) in [5, 5.41) is 28.3. The Bertz CT molecular complexity index is 178. The Morgan fingerprint density at radius 2 is 1.46 bits per heavy atom. The smallest absolute Gasteiger partial charge is 0.0938 e. The minimum Gasteiger partial charge on any atom is -0.391 e. The average molecular weight is 187 g/mol. The molecular formula is C9H17NO3. The fourth-order valence-corrected chi connectivity index (χ4v) is 2.42. The quantitative estimate of drug-likeness (QED) is 0.489. The van der Waals surface area contributed by atoms with Crippen LogP contribution in [0.4, 0.5) is 0 Å². The van der Waals surface area contributed by atoms with E-state index < -0.39 is 12.2 Å². The fourth-order valence-electron chi connectivity index (χ4n) is 2.42. The lowest BCUT2D eigenvalue weighted by atomic mass is 10.2. The van der Waals surface area contributed by atoms with Crippen LogP contribution in [0.5, 0.6) is 0 Å². The number of aliphatic hydroxyl groups is 3. The van der Waals surface area contributed by atoms with Gasteiger partial charge in [-0.05, 0) is 19.3 Å². The minimum absolute atomic E-state index is 0.159. The number of rotatable bonds is 1. The molecule has 0 amide bonds. The third-order valence-corrected chi connectivity index (χ3v) is 3.20. The minimum atomic E-state index is -0.632. The van der Waals surface area contributed by atoms with Gasteiger partial charge in [-0.1, -0.05) is 0 Å². The van der Waals surface area contributed by atoms with Gasteiger partial charge in [0.2, 0.25) is 0 Å². The van der Waals surface area contributed by atoms with Gasteiger partial charge in [0.15, 0.2) is 0 Å². The molecule has 76 valence electrons. The van der Waals surface area contributed by atoms with Crippen LogP contribution in [0, 0.1) is 0 Å². The molecular weight excluding hydrogens is 170 g/mol. The van der Waals surface area contributed by atoms with Crippen molar-refractivity contribution in [1.82, 2.24) is 4.90 Å². The van der Waals surface area contributed by atoms with Crippen LogP contribution in [0.2, 0.25) is 0 Å². The summed E-state index contributed by atoms with van der Waals surface area (Å²) in [5.41, 5.74) is 0. The molecule has 0 aromatic carbocycles. The molecule has 0 aromatic rings. The monoisotopic (exact) mass is 187 g/mol. The summed E-state index contributed by atoms with van der Waals surface area (Å²) in [6.45, 7) is 1.01. The second-order valence-electron chi connectivity index (χ2n) is 4.15. The lowest BCUT2D eigenvalue weighted by Crippen LogP contribution is -2.39. The second-order valence-corrected chi connectivity index (χ2v) is 4.15. The largest absolute Gasteiger partial charge is 0.391 e. The molecule has 2 fully saturated rings. The summed E-state index contributed by atoms with van der Waals surface area (Å²) in [6, 6.07) is 0.159. The summed E-state index contributed by atoms with van der Waals surface area (Å²) in [6.07, 6.45) is 1.36. The Kier molecular flexibility index (Phi) is 2.55. The van der Waals surface area contributed by atoms with Gasteiger partial charge in [0.05, 0.1) is 18.3 Å². The van der Waals surface area contributed by atoms with E-state index in [1.165, 1.54) is 0 Å². The van der Waals surface area contributed by atoms with Crippen LogP contribution in [0.25, 0.3) is 0 Å². The fraction of sp³-hybridized carbons (Fsp3) is 1.00. The summed E-state index contributed by atoms with van der Waals surface area (Å²) >= 11 is 0. The zero-order chi connectivity index (χ0) is 9.42.